The van der Waals surface area contributed by atoms with Gasteiger partial charge in [-0.3, -0.25) is 34.7 Å². The number of esters is 1. The van der Waals surface area contributed by atoms with Crippen LogP contribution in [0.25, 0.3) is 0 Å². The number of nitro benzene ring substituents is 2. The highest BCUT2D eigenvalue weighted by molar-refractivity contribution is 8.00. The van der Waals surface area contributed by atoms with Crippen molar-refractivity contribution in [3.05, 3.63) is 62.2 Å². The summed E-state index contributed by atoms with van der Waals surface area (Å²) in [6.07, 6.45) is 0.323. The second-order valence-corrected chi connectivity index (χ2v) is 9.48. The lowest BCUT2D eigenvalue weighted by Gasteiger charge is -2.32. The van der Waals surface area contributed by atoms with E-state index in [0.717, 1.165) is 15.4 Å². The number of hydrogen-bond acceptors (Lipinski definition) is 10. The third-order valence-corrected chi connectivity index (χ3v) is 7.30. The van der Waals surface area contributed by atoms with Crippen LogP contribution in [0.3, 0.4) is 0 Å². The summed E-state index contributed by atoms with van der Waals surface area (Å²) in [5.74, 6) is -0.00826. The van der Waals surface area contributed by atoms with Crippen LogP contribution in [0.5, 0.6) is 0 Å². The molecule has 1 atom stereocenters. The molecule has 1 amide bonds. The number of anilines is 1. The molecule has 2 aromatic rings. The molecule has 4 rings (SSSR count). The molecular formula is C22H21N3O8S2. The largest absolute Gasteiger partial charge is 0.464 e. The molecular weight excluding hydrogens is 498 g/mol. The molecule has 184 valence electrons. The van der Waals surface area contributed by atoms with Crippen molar-refractivity contribution in [1.29, 1.82) is 0 Å². The van der Waals surface area contributed by atoms with E-state index in [1.165, 1.54) is 52.7 Å². The molecule has 0 fully saturated rings. The lowest BCUT2D eigenvalue weighted by atomic mass is 10.1. The number of hydrogen-bond donors (Lipinski definition) is 0. The number of carbonyl (C=O) groups is 3. The summed E-state index contributed by atoms with van der Waals surface area (Å²) in [5.41, 5.74) is 1.09. The number of rotatable bonds is 5. The van der Waals surface area contributed by atoms with Crippen LogP contribution < -0.4 is 4.90 Å². The third-order valence-electron chi connectivity index (χ3n) is 5.08. The minimum atomic E-state index is -0.820. The lowest BCUT2D eigenvalue weighted by molar-refractivity contribution is -0.385. The van der Waals surface area contributed by atoms with Crippen molar-refractivity contribution in [2.75, 3.05) is 23.0 Å². The fraction of sp³-hybridized carbons (Fsp3) is 0.318. The van der Waals surface area contributed by atoms with Gasteiger partial charge < -0.3 is 4.74 Å². The number of nitrogens with zero attached hydrogens (tertiary/aromatic N) is 3. The standard InChI is InChI=1S/C13H14N2O5S.C9H7NO3S/c1-3-20-13(17)8(2)14-10-6-9(15(18)19)4-5-11(10)21-7-12(14)16;11-8-4-6-3-7(10(12)13)1-2-9(6)14-5-8/h4-6,8H,3,7H2,1-2H3;1-3H,4-5H2. The van der Waals surface area contributed by atoms with Crippen molar-refractivity contribution < 1.29 is 29.0 Å². The van der Waals surface area contributed by atoms with Crippen LogP contribution in [-0.2, 0) is 25.5 Å². The number of Topliss-reactive ketones (excluding diaryl/α,β-unsaturated/α-hetero) is 1. The Hall–Kier alpha value is -3.45. The first kappa shape index (κ1) is 26.2. The number of nitro groups is 2. The molecule has 13 heteroatoms. The molecule has 2 heterocycles. The number of ether oxygens (including phenoxy) is 1. The highest BCUT2D eigenvalue weighted by Gasteiger charge is 2.34. The Morgan fingerprint density at radius 2 is 1.63 bits per heavy atom. The van der Waals surface area contributed by atoms with Gasteiger partial charge in [0.1, 0.15) is 11.8 Å². The van der Waals surface area contributed by atoms with E-state index in [1.54, 1.807) is 26.0 Å². The Balaban J connectivity index is 0.000000211. The van der Waals surface area contributed by atoms with Gasteiger partial charge in [0.25, 0.3) is 11.4 Å². The summed E-state index contributed by atoms with van der Waals surface area (Å²) in [4.78, 5) is 58.5. The predicted octanol–water partition coefficient (Wildman–Crippen LogP) is 3.80. The van der Waals surface area contributed by atoms with Gasteiger partial charge in [0, 0.05) is 40.5 Å². The van der Waals surface area contributed by atoms with E-state index < -0.39 is 21.9 Å². The summed E-state index contributed by atoms with van der Waals surface area (Å²) < 4.78 is 4.92. The number of thioether (sulfide) groups is 2. The maximum Gasteiger partial charge on any atom is 0.328 e. The van der Waals surface area contributed by atoms with Crippen molar-refractivity contribution in [2.24, 2.45) is 0 Å². The molecule has 11 nitrogen and oxygen atoms in total. The summed E-state index contributed by atoms with van der Waals surface area (Å²) in [6, 6.07) is 8.14. The molecule has 0 aromatic heterocycles. The van der Waals surface area contributed by atoms with Gasteiger partial charge in [0.05, 0.1) is 33.6 Å². The number of amides is 1. The predicted molar refractivity (Wildman–Crippen MR) is 130 cm³/mol. The van der Waals surface area contributed by atoms with Crippen LogP contribution in [0.15, 0.2) is 46.2 Å². The van der Waals surface area contributed by atoms with E-state index >= 15 is 0 Å². The van der Waals surface area contributed by atoms with Crippen LogP contribution in [0.4, 0.5) is 17.1 Å². The van der Waals surface area contributed by atoms with Gasteiger partial charge in [-0.25, -0.2) is 4.79 Å². The zero-order chi connectivity index (χ0) is 25.7. The van der Waals surface area contributed by atoms with E-state index in [4.69, 9.17) is 4.74 Å². The van der Waals surface area contributed by atoms with Gasteiger partial charge >= 0.3 is 5.97 Å². The van der Waals surface area contributed by atoms with Crippen LogP contribution in [0, 0.1) is 20.2 Å². The lowest BCUT2D eigenvalue weighted by Crippen LogP contribution is -2.46. The number of ketones is 1. The smallest absolute Gasteiger partial charge is 0.328 e. The molecule has 2 aromatic carbocycles. The maximum atomic E-state index is 12.1. The van der Waals surface area contributed by atoms with Gasteiger partial charge in [-0.2, -0.15) is 0 Å². The molecule has 1 unspecified atom stereocenters. The van der Waals surface area contributed by atoms with Crippen molar-refractivity contribution in [3.63, 3.8) is 0 Å². The average molecular weight is 520 g/mol. The van der Waals surface area contributed by atoms with Gasteiger partial charge in [0.15, 0.2) is 0 Å². The molecule has 35 heavy (non-hydrogen) atoms. The second-order valence-electron chi connectivity index (χ2n) is 7.44. The summed E-state index contributed by atoms with van der Waals surface area (Å²) in [7, 11) is 0. The Morgan fingerprint density at radius 3 is 2.26 bits per heavy atom. The van der Waals surface area contributed by atoms with Gasteiger partial charge in [-0.05, 0) is 31.5 Å². The maximum absolute atomic E-state index is 12.1. The second kappa shape index (κ2) is 11.3. The zero-order valence-corrected chi connectivity index (χ0v) is 20.4. The fourth-order valence-electron chi connectivity index (χ4n) is 3.45. The number of non-ortho nitro benzene ring substituents is 2. The monoisotopic (exact) mass is 519 g/mol. The van der Waals surface area contributed by atoms with Crippen molar-refractivity contribution in [3.8, 4) is 0 Å². The minimum absolute atomic E-state index is 0.0547. The van der Waals surface area contributed by atoms with Crippen LogP contribution in [0.1, 0.15) is 19.4 Å². The quantitative estimate of drug-likeness (QED) is 0.324. The molecule has 0 radical (unpaired) electrons. The van der Waals surface area contributed by atoms with Gasteiger partial charge in [-0.1, -0.05) is 0 Å². The Kier molecular flexibility index (Phi) is 8.46. The van der Waals surface area contributed by atoms with Crippen LogP contribution >= 0.6 is 23.5 Å². The fourth-order valence-corrected chi connectivity index (χ4v) is 5.23. The molecule has 0 N–H and O–H groups in total. The first-order valence-electron chi connectivity index (χ1n) is 10.4. The number of benzene rings is 2. The Bertz CT molecular complexity index is 1200. The molecule has 0 bridgehead atoms. The normalized spacial score (nSPS) is 15.2. The molecule has 2 aliphatic rings. The van der Waals surface area contributed by atoms with Crippen molar-refractivity contribution >= 4 is 58.2 Å². The van der Waals surface area contributed by atoms with E-state index in [2.05, 4.69) is 0 Å². The molecule has 0 spiro atoms. The Morgan fingerprint density at radius 1 is 1.03 bits per heavy atom. The summed E-state index contributed by atoms with van der Waals surface area (Å²) in [6.45, 7) is 3.44. The number of carbonyl (C=O) groups excluding carboxylic acids is 3. The molecule has 2 aliphatic heterocycles. The highest BCUT2D eigenvalue weighted by Crippen LogP contribution is 2.38. The third kappa shape index (κ3) is 6.17. The average Bonchev–Trinajstić information content (AvgIpc) is 2.83. The van der Waals surface area contributed by atoms with Crippen LogP contribution in [-0.4, -0.2) is 51.7 Å². The summed E-state index contributed by atoms with van der Waals surface area (Å²) in [5, 5.41) is 21.4. The molecule has 0 aliphatic carbocycles. The highest BCUT2D eigenvalue weighted by atomic mass is 32.2. The number of fused-ring (bicyclic) bond motifs is 2. The van der Waals surface area contributed by atoms with Crippen molar-refractivity contribution in [2.45, 2.75) is 36.1 Å². The molecule has 0 saturated carbocycles. The van der Waals surface area contributed by atoms with E-state index in [9.17, 15) is 34.6 Å². The summed E-state index contributed by atoms with van der Waals surface area (Å²) >= 11 is 2.74. The van der Waals surface area contributed by atoms with Gasteiger partial charge in [0.2, 0.25) is 5.91 Å². The SMILES string of the molecule is CCOC(=O)C(C)N1C(=O)CSc2ccc([N+](=O)[O-])cc21.O=C1CSc2ccc([N+](=O)[O-])cc2C1. The van der Waals surface area contributed by atoms with Crippen LogP contribution in [0.2, 0.25) is 0 Å². The topological polar surface area (TPSA) is 150 Å². The van der Waals surface area contributed by atoms with E-state index in [0.29, 0.717) is 17.9 Å². The first-order chi connectivity index (χ1) is 16.6. The molecule has 0 saturated heterocycles. The zero-order valence-electron chi connectivity index (χ0n) is 18.8. The van der Waals surface area contributed by atoms with E-state index in [-0.39, 0.29) is 35.4 Å². The van der Waals surface area contributed by atoms with Gasteiger partial charge in [-0.15, -0.1) is 23.5 Å². The Labute approximate surface area is 208 Å². The first-order valence-corrected chi connectivity index (χ1v) is 12.4. The van der Waals surface area contributed by atoms with Crippen molar-refractivity contribution in [1.82, 2.24) is 0 Å². The van der Waals surface area contributed by atoms with E-state index in [1.807, 2.05) is 0 Å². The minimum Gasteiger partial charge on any atom is -0.464 e.